The van der Waals surface area contributed by atoms with E-state index in [4.69, 9.17) is 26.4 Å². The third kappa shape index (κ3) is 7.54. The Hall–Kier alpha value is -2.64. The number of ether oxygens (including phenoxy) is 3. The van der Waals surface area contributed by atoms with E-state index in [-0.39, 0.29) is 11.0 Å². The normalized spacial score (nSPS) is 10.2. The summed E-state index contributed by atoms with van der Waals surface area (Å²) < 4.78 is 16.0. The molecule has 0 bridgehead atoms. The molecule has 28 heavy (non-hydrogen) atoms. The van der Waals surface area contributed by atoms with E-state index in [1.165, 1.54) is 0 Å². The fourth-order valence-electron chi connectivity index (χ4n) is 2.25. The predicted molar refractivity (Wildman–Crippen MR) is 114 cm³/mol. The predicted octanol–water partition coefficient (Wildman–Crippen LogP) is 4.02. The molecule has 0 aliphatic carbocycles. The van der Waals surface area contributed by atoms with Crippen LogP contribution in [0.25, 0.3) is 0 Å². The summed E-state index contributed by atoms with van der Waals surface area (Å²) in [5.41, 5.74) is 1.26. The molecule has 0 atom stereocenters. The Bertz CT molecular complexity index is 748. The second kappa shape index (κ2) is 11.9. The Morgan fingerprint density at radius 1 is 0.929 bits per heavy atom. The summed E-state index contributed by atoms with van der Waals surface area (Å²) in [5, 5.41) is 5.87. The van der Waals surface area contributed by atoms with E-state index >= 15 is 0 Å². The number of hydrogen-bond acceptors (Lipinski definition) is 5. The molecule has 2 aromatic rings. The lowest BCUT2D eigenvalue weighted by atomic mass is 10.2. The van der Waals surface area contributed by atoms with Crippen LogP contribution < -0.4 is 20.1 Å². The largest absolute Gasteiger partial charge is 0.494 e. The molecule has 150 valence electrons. The Balaban J connectivity index is 1.81. The number of methoxy groups -OCH3 is 1. The highest BCUT2D eigenvalue weighted by Gasteiger charge is 2.08. The van der Waals surface area contributed by atoms with Crippen molar-refractivity contribution >= 4 is 28.9 Å². The van der Waals surface area contributed by atoms with Gasteiger partial charge in [0.1, 0.15) is 18.1 Å². The molecule has 0 spiro atoms. The lowest BCUT2D eigenvalue weighted by Crippen LogP contribution is -2.34. The summed E-state index contributed by atoms with van der Waals surface area (Å²) in [6.07, 6.45) is 2.08. The van der Waals surface area contributed by atoms with Crippen LogP contribution in [-0.2, 0) is 4.74 Å². The van der Waals surface area contributed by atoms with Crippen LogP contribution in [0.1, 0.15) is 30.1 Å². The summed E-state index contributed by atoms with van der Waals surface area (Å²) in [4.78, 5) is 12.3. The summed E-state index contributed by atoms with van der Waals surface area (Å²) in [6, 6.07) is 14.3. The quantitative estimate of drug-likeness (QED) is 0.462. The lowest BCUT2D eigenvalue weighted by molar-refractivity contribution is 0.0977. The van der Waals surface area contributed by atoms with Gasteiger partial charge in [0, 0.05) is 18.4 Å². The van der Waals surface area contributed by atoms with Crippen molar-refractivity contribution in [1.82, 2.24) is 5.32 Å². The van der Waals surface area contributed by atoms with Crippen LogP contribution in [-0.4, -0.2) is 38.0 Å². The fraction of sp³-hybridized carbons (Fsp3) is 0.333. The second-order valence-corrected chi connectivity index (χ2v) is 6.41. The third-order valence-corrected chi connectivity index (χ3v) is 3.98. The number of carbonyl (C=O) groups excluding carboxylic acids is 1. The van der Waals surface area contributed by atoms with Gasteiger partial charge in [0.05, 0.1) is 13.2 Å². The van der Waals surface area contributed by atoms with Crippen LogP contribution in [0.5, 0.6) is 11.5 Å². The number of rotatable bonds is 10. The van der Waals surface area contributed by atoms with Gasteiger partial charge in [-0.3, -0.25) is 10.1 Å². The van der Waals surface area contributed by atoms with Gasteiger partial charge < -0.3 is 19.5 Å². The van der Waals surface area contributed by atoms with Crippen molar-refractivity contribution in [3.8, 4) is 11.5 Å². The molecule has 1 amide bonds. The van der Waals surface area contributed by atoms with Crippen LogP contribution in [0.2, 0.25) is 0 Å². The Labute approximate surface area is 171 Å². The summed E-state index contributed by atoms with van der Waals surface area (Å²) >= 11 is 5.21. The average Bonchev–Trinajstić information content (AvgIpc) is 2.70. The molecule has 0 radical (unpaired) electrons. The van der Waals surface area contributed by atoms with Gasteiger partial charge in [0.2, 0.25) is 0 Å². The zero-order valence-electron chi connectivity index (χ0n) is 16.2. The molecule has 2 aromatic carbocycles. The lowest BCUT2D eigenvalue weighted by Gasteiger charge is -2.11. The van der Waals surface area contributed by atoms with Crippen molar-refractivity contribution in [2.45, 2.75) is 19.8 Å². The molecule has 0 aliphatic heterocycles. The number of amides is 1. The summed E-state index contributed by atoms with van der Waals surface area (Å²) in [5.74, 6) is 1.20. The number of hydrogen-bond donors (Lipinski definition) is 2. The summed E-state index contributed by atoms with van der Waals surface area (Å²) in [6.45, 7) is 3.80. The summed E-state index contributed by atoms with van der Waals surface area (Å²) in [7, 11) is 1.63. The minimum atomic E-state index is -0.280. The zero-order valence-corrected chi connectivity index (χ0v) is 17.0. The van der Waals surface area contributed by atoms with E-state index in [1.54, 1.807) is 31.4 Å². The maximum atomic E-state index is 12.3. The maximum Gasteiger partial charge on any atom is 0.257 e. The van der Waals surface area contributed by atoms with Crippen molar-refractivity contribution in [3.05, 3.63) is 54.1 Å². The van der Waals surface area contributed by atoms with Crippen molar-refractivity contribution in [3.63, 3.8) is 0 Å². The first-order valence-electron chi connectivity index (χ1n) is 9.19. The average molecular weight is 403 g/mol. The van der Waals surface area contributed by atoms with Crippen molar-refractivity contribution in [1.29, 1.82) is 0 Å². The Kier molecular flexibility index (Phi) is 9.24. The molecule has 0 saturated heterocycles. The first-order valence-corrected chi connectivity index (χ1v) is 9.60. The molecule has 6 nitrogen and oxygen atoms in total. The smallest absolute Gasteiger partial charge is 0.257 e. The Morgan fingerprint density at radius 3 is 2.14 bits per heavy atom. The molecule has 2 N–H and O–H groups in total. The number of nitrogens with one attached hydrogen (secondary N) is 2. The number of anilines is 1. The van der Waals surface area contributed by atoms with Gasteiger partial charge >= 0.3 is 0 Å². The molecular weight excluding hydrogens is 376 g/mol. The van der Waals surface area contributed by atoms with Gasteiger partial charge in [-0.25, -0.2) is 0 Å². The Morgan fingerprint density at radius 2 is 1.54 bits per heavy atom. The number of benzene rings is 2. The van der Waals surface area contributed by atoms with Crippen LogP contribution >= 0.6 is 12.2 Å². The first kappa shape index (κ1) is 21.7. The first-order chi connectivity index (χ1) is 13.6. The van der Waals surface area contributed by atoms with Gasteiger partial charge in [-0.2, -0.15) is 0 Å². The molecular formula is C21H26N2O4S. The molecule has 0 aliphatic rings. The van der Waals surface area contributed by atoms with E-state index < -0.39 is 0 Å². The topological polar surface area (TPSA) is 68.8 Å². The molecule has 0 unspecified atom stereocenters. The van der Waals surface area contributed by atoms with Crippen LogP contribution in [0.3, 0.4) is 0 Å². The van der Waals surface area contributed by atoms with Crippen molar-refractivity contribution in [2.24, 2.45) is 0 Å². The molecule has 0 fully saturated rings. The number of unbranched alkanes of at least 4 members (excludes halogenated alkanes) is 1. The minimum Gasteiger partial charge on any atom is -0.494 e. The van der Waals surface area contributed by atoms with Gasteiger partial charge in [-0.05, 0) is 67.2 Å². The van der Waals surface area contributed by atoms with Crippen LogP contribution in [0, 0.1) is 0 Å². The van der Waals surface area contributed by atoms with Gasteiger partial charge in [0.15, 0.2) is 5.11 Å². The second-order valence-electron chi connectivity index (χ2n) is 6.00. The van der Waals surface area contributed by atoms with Crippen LogP contribution in [0.15, 0.2) is 48.5 Å². The monoisotopic (exact) mass is 402 g/mol. The van der Waals surface area contributed by atoms with Gasteiger partial charge in [-0.15, -0.1) is 0 Å². The maximum absolute atomic E-state index is 12.3. The highest BCUT2D eigenvalue weighted by Crippen LogP contribution is 2.16. The zero-order chi connectivity index (χ0) is 20.2. The number of carbonyl (C=O) groups is 1. The minimum absolute atomic E-state index is 0.223. The fourth-order valence-corrected chi connectivity index (χ4v) is 2.46. The van der Waals surface area contributed by atoms with E-state index in [0.29, 0.717) is 25.4 Å². The van der Waals surface area contributed by atoms with E-state index in [0.717, 1.165) is 30.0 Å². The number of thiocarbonyl (C=S) groups is 1. The van der Waals surface area contributed by atoms with Crippen molar-refractivity contribution in [2.75, 3.05) is 32.2 Å². The van der Waals surface area contributed by atoms with E-state index in [1.807, 2.05) is 24.3 Å². The highest BCUT2D eigenvalue weighted by atomic mass is 32.1. The molecule has 7 heteroatoms. The highest BCUT2D eigenvalue weighted by molar-refractivity contribution is 7.80. The molecule has 0 heterocycles. The SMILES string of the molecule is CCCCOc1ccc(C(=O)NC(=S)Nc2ccc(OCCOC)cc2)cc1. The van der Waals surface area contributed by atoms with Crippen LogP contribution in [0.4, 0.5) is 5.69 Å². The van der Waals surface area contributed by atoms with Crippen molar-refractivity contribution < 1.29 is 19.0 Å². The van der Waals surface area contributed by atoms with Gasteiger partial charge in [-0.1, -0.05) is 13.3 Å². The molecule has 0 aromatic heterocycles. The molecule has 0 saturated carbocycles. The van der Waals surface area contributed by atoms with E-state index in [2.05, 4.69) is 17.6 Å². The van der Waals surface area contributed by atoms with Gasteiger partial charge in [0.25, 0.3) is 5.91 Å². The standard InChI is InChI=1S/C21H26N2O4S/c1-3-4-13-26-18-9-5-16(6-10-18)20(24)23-21(28)22-17-7-11-19(12-8-17)27-15-14-25-2/h5-12H,3-4,13-15H2,1-2H3,(H2,22,23,24,28). The van der Waals surface area contributed by atoms with E-state index in [9.17, 15) is 4.79 Å². The molecule has 2 rings (SSSR count). The third-order valence-electron chi connectivity index (χ3n) is 3.78.